The topological polar surface area (TPSA) is 83.7 Å². The van der Waals surface area contributed by atoms with E-state index >= 15 is 0 Å². The highest BCUT2D eigenvalue weighted by Crippen LogP contribution is 2.29. The van der Waals surface area contributed by atoms with E-state index in [1.165, 1.54) is 6.20 Å². The number of pyridine rings is 1. The van der Waals surface area contributed by atoms with E-state index in [-0.39, 0.29) is 6.54 Å². The normalized spacial score (nSPS) is 11.8. The number of benzene rings is 1. The SMILES string of the molecule is O=C([O-])c1nn(Cc2ccc3ncc(Cl)cc3c2)nc1C(F)(F)F. The lowest BCUT2D eigenvalue weighted by atomic mass is 10.1. The Labute approximate surface area is 137 Å². The molecule has 0 unspecified atom stereocenters. The number of halogens is 4. The van der Waals surface area contributed by atoms with Crippen molar-refractivity contribution in [2.75, 3.05) is 0 Å². The van der Waals surface area contributed by atoms with E-state index in [4.69, 9.17) is 11.6 Å². The van der Waals surface area contributed by atoms with Crippen LogP contribution in [0.3, 0.4) is 0 Å². The Kier molecular flexibility index (Phi) is 3.88. The van der Waals surface area contributed by atoms with Crippen LogP contribution < -0.4 is 5.11 Å². The maximum atomic E-state index is 12.8. The average Bonchev–Trinajstić information content (AvgIpc) is 2.91. The second-order valence-electron chi connectivity index (χ2n) is 4.89. The summed E-state index contributed by atoms with van der Waals surface area (Å²) in [5.74, 6) is -2.04. The molecule has 1 aromatic carbocycles. The van der Waals surface area contributed by atoms with Crippen molar-refractivity contribution in [1.82, 2.24) is 20.0 Å². The van der Waals surface area contributed by atoms with Crippen molar-refractivity contribution in [2.45, 2.75) is 12.7 Å². The molecule has 0 saturated heterocycles. The number of carbonyl (C=O) groups excluding carboxylic acids is 1. The minimum atomic E-state index is -4.94. The monoisotopic (exact) mass is 355 g/mol. The Bertz CT molecular complexity index is 939. The molecule has 3 aromatic rings. The fraction of sp³-hybridized carbons (Fsp3) is 0.143. The van der Waals surface area contributed by atoms with Crippen LogP contribution in [0.1, 0.15) is 21.7 Å². The Morgan fingerprint density at radius 2 is 2.00 bits per heavy atom. The maximum absolute atomic E-state index is 12.8. The first-order chi connectivity index (χ1) is 11.2. The number of alkyl halides is 3. The lowest BCUT2D eigenvalue weighted by Crippen LogP contribution is -2.26. The third-order valence-corrected chi connectivity index (χ3v) is 3.36. The average molecular weight is 356 g/mol. The van der Waals surface area contributed by atoms with Crippen LogP contribution in [0.15, 0.2) is 30.5 Å². The number of rotatable bonds is 3. The van der Waals surface area contributed by atoms with Gasteiger partial charge in [0.1, 0.15) is 5.69 Å². The molecule has 0 atom stereocenters. The molecule has 3 rings (SSSR count). The summed E-state index contributed by atoms with van der Waals surface area (Å²) < 4.78 is 38.4. The van der Waals surface area contributed by atoms with E-state index in [0.29, 0.717) is 26.3 Å². The molecule has 6 nitrogen and oxygen atoms in total. The highest BCUT2D eigenvalue weighted by atomic mass is 35.5. The van der Waals surface area contributed by atoms with Gasteiger partial charge in [0.15, 0.2) is 5.69 Å². The van der Waals surface area contributed by atoms with Crippen molar-refractivity contribution in [1.29, 1.82) is 0 Å². The summed E-state index contributed by atoms with van der Waals surface area (Å²) in [6.45, 7) is -0.154. The number of carboxylic acid groups (broad SMARTS) is 1. The van der Waals surface area contributed by atoms with Gasteiger partial charge in [0.2, 0.25) is 0 Å². The van der Waals surface area contributed by atoms with Crippen LogP contribution in [-0.2, 0) is 12.7 Å². The van der Waals surface area contributed by atoms with Crippen molar-refractivity contribution in [3.05, 3.63) is 52.4 Å². The van der Waals surface area contributed by atoms with Crippen LogP contribution in [0.2, 0.25) is 5.02 Å². The van der Waals surface area contributed by atoms with Crippen molar-refractivity contribution in [2.24, 2.45) is 0 Å². The summed E-state index contributed by atoms with van der Waals surface area (Å²) in [5, 5.41) is 18.5. The molecule has 124 valence electrons. The van der Waals surface area contributed by atoms with E-state index in [9.17, 15) is 23.1 Å². The number of aromatic carboxylic acids is 1. The highest BCUT2D eigenvalue weighted by molar-refractivity contribution is 6.31. The number of hydrogen-bond donors (Lipinski definition) is 0. The van der Waals surface area contributed by atoms with Gasteiger partial charge in [-0.05, 0) is 23.8 Å². The van der Waals surface area contributed by atoms with E-state index < -0.39 is 23.5 Å². The van der Waals surface area contributed by atoms with Gasteiger partial charge in [-0.2, -0.15) is 23.1 Å². The number of hydrogen-bond acceptors (Lipinski definition) is 5. The summed E-state index contributed by atoms with van der Waals surface area (Å²) in [6.07, 6.45) is -3.46. The third-order valence-electron chi connectivity index (χ3n) is 3.15. The van der Waals surface area contributed by atoms with Gasteiger partial charge in [-0.25, -0.2) is 0 Å². The van der Waals surface area contributed by atoms with Crippen LogP contribution >= 0.6 is 11.6 Å². The van der Waals surface area contributed by atoms with E-state index in [1.807, 2.05) is 0 Å². The molecule has 0 amide bonds. The number of aromatic nitrogens is 4. The largest absolute Gasteiger partial charge is 0.543 e. The molecule has 0 aliphatic carbocycles. The standard InChI is InChI=1S/C14H8ClF3N4O2/c15-9-4-8-3-7(1-2-10(8)19-5-9)6-22-20-11(13(23)24)12(21-22)14(16,17)18/h1-5H,6H2,(H,23,24)/p-1. The molecular weight excluding hydrogens is 349 g/mol. The van der Waals surface area contributed by atoms with Gasteiger partial charge in [-0.15, -0.1) is 5.10 Å². The summed E-state index contributed by atoms with van der Waals surface area (Å²) in [4.78, 5) is 15.6. The first-order valence-corrected chi connectivity index (χ1v) is 6.90. The maximum Gasteiger partial charge on any atom is 0.437 e. The van der Waals surface area contributed by atoms with Crippen LogP contribution in [0.4, 0.5) is 13.2 Å². The zero-order chi connectivity index (χ0) is 17.5. The van der Waals surface area contributed by atoms with Crippen molar-refractivity contribution >= 4 is 28.5 Å². The quantitative estimate of drug-likeness (QED) is 0.716. The Balaban J connectivity index is 1.98. The summed E-state index contributed by atoms with van der Waals surface area (Å²) >= 11 is 5.85. The number of carboxylic acids is 1. The second kappa shape index (κ2) is 5.75. The lowest BCUT2D eigenvalue weighted by molar-refractivity contribution is -0.256. The van der Waals surface area contributed by atoms with Crippen molar-refractivity contribution in [3.8, 4) is 0 Å². The summed E-state index contributed by atoms with van der Waals surface area (Å²) in [6, 6.07) is 6.59. The Morgan fingerprint density at radius 3 is 2.62 bits per heavy atom. The van der Waals surface area contributed by atoms with Gasteiger partial charge < -0.3 is 9.90 Å². The highest BCUT2D eigenvalue weighted by Gasteiger charge is 2.38. The second-order valence-corrected chi connectivity index (χ2v) is 5.33. The number of fused-ring (bicyclic) bond motifs is 1. The predicted octanol–water partition coefficient (Wildman–Crippen LogP) is 1.91. The zero-order valence-electron chi connectivity index (χ0n) is 11.7. The molecule has 0 bridgehead atoms. The van der Waals surface area contributed by atoms with Crippen LogP contribution in [-0.4, -0.2) is 25.9 Å². The van der Waals surface area contributed by atoms with E-state index in [2.05, 4.69) is 15.2 Å². The van der Waals surface area contributed by atoms with Crippen LogP contribution in [0, 0.1) is 0 Å². The number of nitrogens with zero attached hydrogens (tertiary/aromatic N) is 4. The molecule has 24 heavy (non-hydrogen) atoms. The lowest BCUT2D eigenvalue weighted by Gasteiger charge is -2.04. The summed E-state index contributed by atoms with van der Waals surface area (Å²) in [7, 11) is 0. The molecule has 0 saturated carbocycles. The minimum absolute atomic E-state index is 0.154. The number of carbonyl (C=O) groups is 1. The Hall–Kier alpha value is -2.68. The van der Waals surface area contributed by atoms with Gasteiger partial charge in [-0.3, -0.25) is 4.98 Å². The summed E-state index contributed by atoms with van der Waals surface area (Å²) in [5.41, 5.74) is -1.62. The van der Waals surface area contributed by atoms with E-state index in [0.717, 1.165) is 0 Å². The van der Waals surface area contributed by atoms with Crippen molar-refractivity contribution in [3.63, 3.8) is 0 Å². The molecule has 2 heterocycles. The molecule has 0 fully saturated rings. The molecular formula is C14H7ClF3N4O2-. The fourth-order valence-electron chi connectivity index (χ4n) is 2.16. The molecule has 0 N–H and O–H groups in total. The van der Waals surface area contributed by atoms with Gasteiger partial charge in [0.05, 0.1) is 23.1 Å². The Morgan fingerprint density at radius 1 is 1.25 bits per heavy atom. The third kappa shape index (κ3) is 3.16. The van der Waals surface area contributed by atoms with Gasteiger partial charge in [0.25, 0.3) is 0 Å². The molecule has 0 aliphatic heterocycles. The molecule has 0 spiro atoms. The zero-order valence-corrected chi connectivity index (χ0v) is 12.5. The molecule has 0 radical (unpaired) electrons. The predicted molar refractivity (Wildman–Crippen MR) is 75.2 cm³/mol. The molecule has 0 aliphatic rings. The minimum Gasteiger partial charge on any atom is -0.543 e. The van der Waals surface area contributed by atoms with Crippen molar-refractivity contribution < 1.29 is 23.1 Å². The first kappa shape index (κ1) is 16.2. The van der Waals surface area contributed by atoms with E-state index in [1.54, 1.807) is 24.3 Å². The molecule has 2 aromatic heterocycles. The van der Waals surface area contributed by atoms with Crippen LogP contribution in [0.5, 0.6) is 0 Å². The van der Waals surface area contributed by atoms with Crippen LogP contribution in [0.25, 0.3) is 10.9 Å². The van der Waals surface area contributed by atoms with Gasteiger partial charge >= 0.3 is 6.18 Å². The van der Waals surface area contributed by atoms with Gasteiger partial charge in [-0.1, -0.05) is 17.7 Å². The fourth-order valence-corrected chi connectivity index (χ4v) is 2.33. The first-order valence-electron chi connectivity index (χ1n) is 6.52. The molecule has 10 heteroatoms. The smallest absolute Gasteiger partial charge is 0.437 e. The van der Waals surface area contributed by atoms with Gasteiger partial charge in [0, 0.05) is 11.6 Å².